The molecule has 1 rings (SSSR count). The molecule has 1 fully saturated rings. The third-order valence-electron chi connectivity index (χ3n) is 6.34. The normalized spacial score (nSPS) is 18.1. The minimum atomic E-state index is 0.00102. The van der Waals surface area contributed by atoms with Gasteiger partial charge in [0, 0.05) is 6.42 Å². The Morgan fingerprint density at radius 3 is 1.90 bits per heavy atom. The molecule has 0 N–H and O–H groups in total. The second-order valence-electron chi connectivity index (χ2n) is 9.89. The summed E-state index contributed by atoms with van der Waals surface area (Å²) in [6, 6.07) is 0. The summed E-state index contributed by atoms with van der Waals surface area (Å²) in [6.45, 7) is 7.43. The van der Waals surface area contributed by atoms with Gasteiger partial charge in [-0.3, -0.25) is 4.79 Å². The van der Waals surface area contributed by atoms with Crippen LogP contribution in [0.2, 0.25) is 0 Å². The highest BCUT2D eigenvalue weighted by molar-refractivity contribution is 5.69. The smallest absolute Gasteiger partial charge is 0.305 e. The molecule has 0 radical (unpaired) electrons. The fourth-order valence-electron chi connectivity index (χ4n) is 4.22. The summed E-state index contributed by atoms with van der Waals surface area (Å²) in [5, 5.41) is 0. The molecule has 0 aromatic rings. The first kappa shape index (κ1) is 27.5. The van der Waals surface area contributed by atoms with Crippen molar-refractivity contribution in [2.75, 3.05) is 6.61 Å². The van der Waals surface area contributed by atoms with Gasteiger partial charge in [-0.25, -0.2) is 0 Å². The van der Waals surface area contributed by atoms with Crippen LogP contribution in [0.15, 0.2) is 0 Å². The summed E-state index contributed by atoms with van der Waals surface area (Å²) in [6.07, 6.45) is 24.5. The highest BCUT2D eigenvalue weighted by atomic mass is 16.6. The maximum absolute atomic E-state index is 11.8. The molecule has 0 aromatic carbocycles. The average molecular weight is 425 g/mol. The molecule has 1 aliphatic heterocycles. The van der Waals surface area contributed by atoms with Gasteiger partial charge in [-0.05, 0) is 31.6 Å². The molecular weight excluding hydrogens is 372 g/mol. The molecule has 0 aliphatic carbocycles. The predicted molar refractivity (Wildman–Crippen MR) is 128 cm³/mol. The molecule has 3 nitrogen and oxygen atoms in total. The summed E-state index contributed by atoms with van der Waals surface area (Å²) < 4.78 is 11.2. The average Bonchev–Trinajstić information content (AvgIpc) is 3.47. The van der Waals surface area contributed by atoms with E-state index in [0.717, 1.165) is 25.2 Å². The van der Waals surface area contributed by atoms with Crippen LogP contribution in [0.3, 0.4) is 0 Å². The maximum atomic E-state index is 11.8. The van der Waals surface area contributed by atoms with E-state index in [4.69, 9.17) is 9.47 Å². The largest absolute Gasteiger partial charge is 0.466 e. The van der Waals surface area contributed by atoms with Crippen molar-refractivity contribution >= 4 is 5.97 Å². The molecule has 0 spiro atoms. The first-order valence-electron chi connectivity index (χ1n) is 13.4. The minimum absolute atomic E-state index is 0.00102. The fraction of sp³-hybridized carbons (Fsp3) is 0.963. The number of hydrogen-bond donors (Lipinski definition) is 0. The van der Waals surface area contributed by atoms with E-state index < -0.39 is 0 Å². The van der Waals surface area contributed by atoms with Crippen molar-refractivity contribution in [2.45, 2.75) is 155 Å². The lowest BCUT2D eigenvalue weighted by atomic mass is 10.0. The third kappa shape index (κ3) is 17.1. The van der Waals surface area contributed by atoms with E-state index in [2.05, 4.69) is 20.8 Å². The van der Waals surface area contributed by atoms with Gasteiger partial charge in [0.25, 0.3) is 0 Å². The molecule has 2 atom stereocenters. The van der Waals surface area contributed by atoms with Gasteiger partial charge in [0.15, 0.2) is 0 Å². The van der Waals surface area contributed by atoms with Gasteiger partial charge in [0.1, 0.15) is 0 Å². The number of unbranched alkanes of at least 4 members (excludes halogenated alkanes) is 12. The van der Waals surface area contributed by atoms with Crippen LogP contribution in [0, 0.1) is 5.92 Å². The van der Waals surface area contributed by atoms with Gasteiger partial charge in [0.2, 0.25) is 0 Å². The first-order chi connectivity index (χ1) is 14.6. The first-order valence-corrected chi connectivity index (χ1v) is 13.4. The van der Waals surface area contributed by atoms with Crippen molar-refractivity contribution in [1.82, 2.24) is 0 Å². The Labute approximate surface area is 188 Å². The zero-order valence-electron chi connectivity index (χ0n) is 20.6. The van der Waals surface area contributed by atoms with E-state index >= 15 is 0 Å². The van der Waals surface area contributed by atoms with Crippen LogP contribution in [0.1, 0.15) is 143 Å². The molecule has 0 bridgehead atoms. The highest BCUT2D eigenvalue weighted by Gasteiger charge is 2.36. The van der Waals surface area contributed by atoms with E-state index in [1.165, 1.54) is 96.3 Å². The van der Waals surface area contributed by atoms with Crippen molar-refractivity contribution in [3.8, 4) is 0 Å². The maximum Gasteiger partial charge on any atom is 0.305 e. The number of carbonyl (C=O) groups is 1. The van der Waals surface area contributed by atoms with Crippen LogP contribution in [-0.4, -0.2) is 24.8 Å². The van der Waals surface area contributed by atoms with Crippen molar-refractivity contribution in [2.24, 2.45) is 5.92 Å². The monoisotopic (exact) mass is 424 g/mol. The van der Waals surface area contributed by atoms with E-state index in [1.807, 2.05) is 0 Å². The molecule has 3 heteroatoms. The Hall–Kier alpha value is -0.570. The lowest BCUT2D eigenvalue weighted by Crippen LogP contribution is -2.05. The summed E-state index contributed by atoms with van der Waals surface area (Å²) >= 11 is 0. The molecule has 1 heterocycles. The second-order valence-corrected chi connectivity index (χ2v) is 9.89. The topological polar surface area (TPSA) is 38.8 Å². The molecule has 30 heavy (non-hydrogen) atoms. The Morgan fingerprint density at radius 1 is 0.733 bits per heavy atom. The van der Waals surface area contributed by atoms with Crippen LogP contribution < -0.4 is 0 Å². The van der Waals surface area contributed by atoms with Crippen molar-refractivity contribution in [3.63, 3.8) is 0 Å². The van der Waals surface area contributed by atoms with Crippen LogP contribution >= 0.6 is 0 Å². The van der Waals surface area contributed by atoms with Crippen LogP contribution in [0.25, 0.3) is 0 Å². The number of rotatable bonds is 22. The van der Waals surface area contributed by atoms with Crippen LogP contribution in [0.5, 0.6) is 0 Å². The standard InChI is InChI=1S/C27H52O3/c1-4-5-6-7-9-15-20-25-26(30-25)21-16-10-8-11-17-22-27(28)29-23-18-13-12-14-19-24(2)3/h24-26H,4-23H2,1-3H3. The number of esters is 1. The minimum Gasteiger partial charge on any atom is -0.466 e. The second kappa shape index (κ2) is 19.1. The van der Waals surface area contributed by atoms with Gasteiger partial charge >= 0.3 is 5.97 Å². The molecule has 1 aliphatic rings. The van der Waals surface area contributed by atoms with Crippen LogP contribution in [-0.2, 0) is 14.3 Å². The Bertz CT molecular complexity index is 394. The zero-order chi connectivity index (χ0) is 21.9. The van der Waals surface area contributed by atoms with E-state index in [1.54, 1.807) is 0 Å². The molecule has 0 amide bonds. The fourth-order valence-corrected chi connectivity index (χ4v) is 4.22. The van der Waals surface area contributed by atoms with Crippen LogP contribution in [0.4, 0.5) is 0 Å². The molecular formula is C27H52O3. The quantitative estimate of drug-likeness (QED) is 0.0994. The Balaban J connectivity index is 1.76. The van der Waals surface area contributed by atoms with Crippen molar-refractivity contribution in [3.05, 3.63) is 0 Å². The predicted octanol–water partition coefficient (Wildman–Crippen LogP) is 8.38. The summed E-state index contributed by atoms with van der Waals surface area (Å²) in [4.78, 5) is 11.8. The SMILES string of the molecule is CCCCCCCCC1OC1CCCCCCCC(=O)OCCCCCCC(C)C. The van der Waals surface area contributed by atoms with Gasteiger partial charge in [-0.1, -0.05) is 111 Å². The lowest BCUT2D eigenvalue weighted by Gasteiger charge is -2.06. The van der Waals surface area contributed by atoms with E-state index in [9.17, 15) is 4.79 Å². The Morgan fingerprint density at radius 2 is 1.27 bits per heavy atom. The zero-order valence-corrected chi connectivity index (χ0v) is 20.6. The van der Waals surface area contributed by atoms with E-state index in [-0.39, 0.29) is 5.97 Å². The molecule has 1 saturated heterocycles. The lowest BCUT2D eigenvalue weighted by molar-refractivity contribution is -0.143. The third-order valence-corrected chi connectivity index (χ3v) is 6.34. The summed E-state index contributed by atoms with van der Waals surface area (Å²) in [5.41, 5.74) is 0. The molecule has 178 valence electrons. The van der Waals surface area contributed by atoms with Crippen molar-refractivity contribution < 1.29 is 14.3 Å². The molecule has 2 unspecified atom stereocenters. The van der Waals surface area contributed by atoms with E-state index in [0.29, 0.717) is 25.2 Å². The van der Waals surface area contributed by atoms with Gasteiger partial charge < -0.3 is 9.47 Å². The molecule has 0 aromatic heterocycles. The number of hydrogen-bond acceptors (Lipinski definition) is 3. The van der Waals surface area contributed by atoms with Gasteiger partial charge in [-0.15, -0.1) is 0 Å². The number of carbonyl (C=O) groups excluding carboxylic acids is 1. The molecule has 0 saturated carbocycles. The Kier molecular flexibility index (Phi) is 17.5. The number of ether oxygens (including phenoxy) is 2. The highest BCUT2D eigenvalue weighted by Crippen LogP contribution is 2.31. The summed E-state index contributed by atoms with van der Waals surface area (Å²) in [5.74, 6) is 0.804. The van der Waals surface area contributed by atoms with Gasteiger partial charge in [0.05, 0.1) is 18.8 Å². The summed E-state index contributed by atoms with van der Waals surface area (Å²) in [7, 11) is 0. The number of epoxide rings is 1. The van der Waals surface area contributed by atoms with Gasteiger partial charge in [-0.2, -0.15) is 0 Å². The van der Waals surface area contributed by atoms with Crippen molar-refractivity contribution in [1.29, 1.82) is 0 Å².